The Kier molecular flexibility index (Phi) is 4.74. The lowest BCUT2D eigenvalue weighted by atomic mass is 10.0. The van der Waals surface area contributed by atoms with E-state index in [0.29, 0.717) is 5.92 Å². The predicted molar refractivity (Wildman–Crippen MR) is 79.0 cm³/mol. The zero-order valence-electron chi connectivity index (χ0n) is 12.1. The molecule has 0 unspecified atom stereocenters. The van der Waals surface area contributed by atoms with Crippen LogP contribution in [-0.4, -0.2) is 27.5 Å². The van der Waals surface area contributed by atoms with Crippen molar-refractivity contribution < 1.29 is 0 Å². The van der Waals surface area contributed by atoms with Gasteiger partial charge in [0.1, 0.15) is 5.82 Å². The summed E-state index contributed by atoms with van der Waals surface area (Å²) in [6.45, 7) is 7.52. The average Bonchev–Trinajstić information content (AvgIpc) is 2.84. The predicted octanol–water partition coefficient (Wildman–Crippen LogP) is 3.05. The standard InChI is InChI=1S/C16H23N3/c1-4-19(13-16-17-10-11-18(16)3)12-14(2)15-8-6-5-7-9-15/h5-11,14H,4,12-13H2,1-3H3/t14-/m1/s1. The van der Waals surface area contributed by atoms with Crippen molar-refractivity contribution >= 4 is 0 Å². The summed E-state index contributed by atoms with van der Waals surface area (Å²) in [5.74, 6) is 1.67. The number of hydrogen-bond donors (Lipinski definition) is 0. The van der Waals surface area contributed by atoms with Gasteiger partial charge in [-0.05, 0) is 18.0 Å². The smallest absolute Gasteiger partial charge is 0.122 e. The topological polar surface area (TPSA) is 21.1 Å². The molecule has 19 heavy (non-hydrogen) atoms. The van der Waals surface area contributed by atoms with Gasteiger partial charge in [0.2, 0.25) is 0 Å². The molecule has 2 rings (SSSR count). The molecule has 1 atom stereocenters. The lowest BCUT2D eigenvalue weighted by Gasteiger charge is -2.24. The Morgan fingerprint density at radius 3 is 2.58 bits per heavy atom. The fourth-order valence-electron chi connectivity index (χ4n) is 2.33. The molecule has 2 aromatic rings. The molecule has 0 N–H and O–H groups in total. The molecule has 1 aromatic carbocycles. The first-order valence-electron chi connectivity index (χ1n) is 6.94. The monoisotopic (exact) mass is 257 g/mol. The molecule has 0 fully saturated rings. The first-order chi connectivity index (χ1) is 9.20. The van der Waals surface area contributed by atoms with E-state index in [4.69, 9.17) is 0 Å². The number of likely N-dealkylation sites (N-methyl/N-ethyl adjacent to an activating group) is 1. The molecule has 0 spiro atoms. The summed E-state index contributed by atoms with van der Waals surface area (Å²) in [7, 11) is 2.05. The molecule has 102 valence electrons. The minimum absolute atomic E-state index is 0.543. The second-order valence-corrected chi connectivity index (χ2v) is 5.09. The zero-order valence-corrected chi connectivity index (χ0v) is 12.1. The molecule has 1 aromatic heterocycles. The van der Waals surface area contributed by atoms with E-state index >= 15 is 0 Å². The Labute approximate surface area is 115 Å². The highest BCUT2D eigenvalue weighted by Gasteiger charge is 2.12. The Morgan fingerprint density at radius 1 is 1.26 bits per heavy atom. The Hall–Kier alpha value is -1.61. The van der Waals surface area contributed by atoms with Crippen LogP contribution in [0.5, 0.6) is 0 Å². The van der Waals surface area contributed by atoms with Gasteiger partial charge in [0, 0.05) is 26.0 Å². The summed E-state index contributed by atoms with van der Waals surface area (Å²) in [5.41, 5.74) is 1.40. The van der Waals surface area contributed by atoms with E-state index < -0.39 is 0 Å². The van der Waals surface area contributed by atoms with Crippen LogP contribution >= 0.6 is 0 Å². The molecule has 0 aliphatic carbocycles. The molecule has 0 aliphatic heterocycles. The number of imidazole rings is 1. The first kappa shape index (κ1) is 13.8. The summed E-state index contributed by atoms with van der Waals surface area (Å²) in [6.07, 6.45) is 3.87. The molecule has 3 nitrogen and oxygen atoms in total. The van der Waals surface area contributed by atoms with Crippen molar-refractivity contribution in [2.24, 2.45) is 7.05 Å². The minimum atomic E-state index is 0.543. The molecule has 0 radical (unpaired) electrons. The van der Waals surface area contributed by atoms with Crippen molar-refractivity contribution in [3.05, 3.63) is 54.1 Å². The highest BCUT2D eigenvalue weighted by atomic mass is 15.2. The SMILES string of the molecule is CCN(Cc1nccn1C)C[C@@H](C)c1ccccc1. The van der Waals surface area contributed by atoms with E-state index in [1.54, 1.807) is 0 Å². The van der Waals surface area contributed by atoms with E-state index in [2.05, 4.69) is 65.7 Å². The highest BCUT2D eigenvalue weighted by molar-refractivity contribution is 5.19. The summed E-state index contributed by atoms with van der Waals surface area (Å²) in [6, 6.07) is 10.7. The van der Waals surface area contributed by atoms with Crippen LogP contribution in [0.25, 0.3) is 0 Å². The summed E-state index contributed by atoms with van der Waals surface area (Å²) < 4.78 is 2.09. The van der Waals surface area contributed by atoms with Crippen LogP contribution in [0, 0.1) is 0 Å². The van der Waals surface area contributed by atoms with Crippen LogP contribution in [0.3, 0.4) is 0 Å². The number of hydrogen-bond acceptors (Lipinski definition) is 2. The maximum Gasteiger partial charge on any atom is 0.122 e. The number of aryl methyl sites for hydroxylation is 1. The van der Waals surface area contributed by atoms with Gasteiger partial charge in [-0.1, -0.05) is 44.2 Å². The Morgan fingerprint density at radius 2 is 2.00 bits per heavy atom. The Balaban J connectivity index is 1.98. The largest absolute Gasteiger partial charge is 0.337 e. The van der Waals surface area contributed by atoms with Crippen molar-refractivity contribution in [2.75, 3.05) is 13.1 Å². The summed E-state index contributed by atoms with van der Waals surface area (Å²) in [4.78, 5) is 6.85. The third kappa shape index (κ3) is 3.67. The summed E-state index contributed by atoms with van der Waals surface area (Å²) >= 11 is 0. The van der Waals surface area contributed by atoms with Crippen LogP contribution < -0.4 is 0 Å². The van der Waals surface area contributed by atoms with Crippen molar-refractivity contribution in [3.63, 3.8) is 0 Å². The number of aromatic nitrogens is 2. The average molecular weight is 257 g/mol. The van der Waals surface area contributed by atoms with Gasteiger partial charge in [-0.15, -0.1) is 0 Å². The van der Waals surface area contributed by atoms with Crippen molar-refractivity contribution in [3.8, 4) is 0 Å². The van der Waals surface area contributed by atoms with Gasteiger partial charge in [-0.2, -0.15) is 0 Å². The maximum absolute atomic E-state index is 4.40. The molecule has 0 saturated carbocycles. The molecule has 0 bridgehead atoms. The fraction of sp³-hybridized carbons (Fsp3) is 0.438. The second kappa shape index (κ2) is 6.53. The lowest BCUT2D eigenvalue weighted by molar-refractivity contribution is 0.257. The van der Waals surface area contributed by atoms with Crippen molar-refractivity contribution in [2.45, 2.75) is 26.3 Å². The number of rotatable bonds is 6. The van der Waals surface area contributed by atoms with Gasteiger partial charge < -0.3 is 4.57 Å². The van der Waals surface area contributed by atoms with E-state index in [-0.39, 0.29) is 0 Å². The molecule has 0 amide bonds. The minimum Gasteiger partial charge on any atom is -0.337 e. The number of benzene rings is 1. The second-order valence-electron chi connectivity index (χ2n) is 5.09. The van der Waals surface area contributed by atoms with Gasteiger partial charge in [-0.25, -0.2) is 4.98 Å². The molecule has 0 aliphatic rings. The highest BCUT2D eigenvalue weighted by Crippen LogP contribution is 2.16. The van der Waals surface area contributed by atoms with Crippen LogP contribution in [0.4, 0.5) is 0 Å². The molecule has 0 saturated heterocycles. The number of nitrogens with zero attached hydrogens (tertiary/aromatic N) is 3. The van der Waals surface area contributed by atoms with Crippen molar-refractivity contribution in [1.82, 2.24) is 14.5 Å². The van der Waals surface area contributed by atoms with E-state index in [9.17, 15) is 0 Å². The molecular formula is C16H23N3. The maximum atomic E-state index is 4.40. The van der Waals surface area contributed by atoms with E-state index in [1.165, 1.54) is 5.56 Å². The quantitative estimate of drug-likeness (QED) is 0.793. The molecule has 1 heterocycles. The van der Waals surface area contributed by atoms with Gasteiger partial charge in [0.05, 0.1) is 6.54 Å². The van der Waals surface area contributed by atoms with Crippen LogP contribution in [0.2, 0.25) is 0 Å². The summed E-state index contributed by atoms with van der Waals surface area (Å²) in [5, 5.41) is 0. The van der Waals surface area contributed by atoms with Crippen LogP contribution in [-0.2, 0) is 13.6 Å². The third-order valence-electron chi connectivity index (χ3n) is 3.63. The van der Waals surface area contributed by atoms with E-state index in [0.717, 1.165) is 25.5 Å². The lowest BCUT2D eigenvalue weighted by Crippen LogP contribution is -2.28. The fourth-order valence-corrected chi connectivity index (χ4v) is 2.33. The van der Waals surface area contributed by atoms with Crippen LogP contribution in [0.15, 0.2) is 42.7 Å². The van der Waals surface area contributed by atoms with Crippen molar-refractivity contribution in [1.29, 1.82) is 0 Å². The van der Waals surface area contributed by atoms with Gasteiger partial charge in [0.15, 0.2) is 0 Å². The van der Waals surface area contributed by atoms with Gasteiger partial charge >= 0.3 is 0 Å². The van der Waals surface area contributed by atoms with Gasteiger partial charge in [0.25, 0.3) is 0 Å². The molecule has 3 heteroatoms. The molecular weight excluding hydrogens is 234 g/mol. The first-order valence-corrected chi connectivity index (χ1v) is 6.94. The van der Waals surface area contributed by atoms with Gasteiger partial charge in [-0.3, -0.25) is 4.90 Å². The zero-order chi connectivity index (χ0) is 13.7. The van der Waals surface area contributed by atoms with E-state index in [1.807, 2.05) is 12.4 Å². The Bertz CT molecular complexity index is 490. The van der Waals surface area contributed by atoms with Crippen LogP contribution in [0.1, 0.15) is 31.2 Å². The third-order valence-corrected chi connectivity index (χ3v) is 3.63. The normalized spacial score (nSPS) is 12.8.